The fraction of sp³-hybridized carbons (Fsp3) is 1.00. The third-order valence-electron chi connectivity index (χ3n) is 4.12. The summed E-state index contributed by atoms with van der Waals surface area (Å²) < 4.78 is 0. The second-order valence-electron chi connectivity index (χ2n) is 5.18. The first kappa shape index (κ1) is 17.9. The average molecular weight is 258 g/mol. The lowest BCUT2D eigenvalue weighted by Gasteiger charge is -2.32. The van der Waals surface area contributed by atoms with Gasteiger partial charge in [-0.2, -0.15) is 0 Å². The maximum atomic E-state index is 10.4. The van der Waals surface area contributed by atoms with Gasteiger partial charge in [-0.1, -0.05) is 34.6 Å². The summed E-state index contributed by atoms with van der Waals surface area (Å²) in [6, 6.07) is 0. The molecule has 3 nitrogen and oxygen atoms in total. The van der Waals surface area contributed by atoms with Gasteiger partial charge in [0.1, 0.15) is 0 Å². The normalized spacial score (nSPS) is 12.7. The summed E-state index contributed by atoms with van der Waals surface area (Å²) in [5, 5.41) is 10.4. The van der Waals surface area contributed by atoms with Crippen LogP contribution < -0.4 is 0 Å². The standard InChI is InChI=1S/C15H34N2O/c1-6-15(18,7-2)14-17(10-5)13-11-12-16(8-3)9-4/h18H,6-14H2,1-5H3. The summed E-state index contributed by atoms with van der Waals surface area (Å²) >= 11 is 0. The van der Waals surface area contributed by atoms with Gasteiger partial charge in [0.25, 0.3) is 0 Å². The molecule has 0 aromatic heterocycles. The zero-order valence-corrected chi connectivity index (χ0v) is 13.2. The molecule has 18 heavy (non-hydrogen) atoms. The molecule has 0 amide bonds. The molecule has 0 aromatic rings. The SMILES string of the molecule is CCN(CC)CCCN(CC)CC(O)(CC)CC. The first-order chi connectivity index (χ1) is 8.55. The third-order valence-corrected chi connectivity index (χ3v) is 4.12. The molecule has 0 spiro atoms. The summed E-state index contributed by atoms with van der Waals surface area (Å²) in [6.07, 6.45) is 2.88. The number of hydrogen-bond acceptors (Lipinski definition) is 3. The average Bonchev–Trinajstić information content (AvgIpc) is 2.42. The molecule has 1 N–H and O–H groups in total. The first-order valence-corrected chi connectivity index (χ1v) is 7.72. The van der Waals surface area contributed by atoms with Crippen molar-refractivity contribution in [1.29, 1.82) is 0 Å². The van der Waals surface area contributed by atoms with Crippen molar-refractivity contribution in [2.75, 3.05) is 39.3 Å². The molecule has 0 aliphatic heterocycles. The van der Waals surface area contributed by atoms with Gasteiger partial charge in [-0.3, -0.25) is 0 Å². The van der Waals surface area contributed by atoms with Gasteiger partial charge in [0, 0.05) is 6.54 Å². The molecule has 0 aliphatic carbocycles. The predicted octanol–water partition coefficient (Wildman–Crippen LogP) is 2.59. The molecule has 3 heteroatoms. The molecule has 0 fully saturated rings. The van der Waals surface area contributed by atoms with E-state index >= 15 is 0 Å². The Hall–Kier alpha value is -0.120. The molecule has 0 radical (unpaired) electrons. The van der Waals surface area contributed by atoms with Crippen molar-refractivity contribution >= 4 is 0 Å². The molecule has 0 aromatic carbocycles. The lowest BCUT2D eigenvalue weighted by molar-refractivity contribution is -0.00284. The highest BCUT2D eigenvalue weighted by atomic mass is 16.3. The van der Waals surface area contributed by atoms with Crippen LogP contribution in [0.5, 0.6) is 0 Å². The van der Waals surface area contributed by atoms with E-state index < -0.39 is 5.60 Å². The summed E-state index contributed by atoms with van der Waals surface area (Å²) in [4.78, 5) is 4.84. The monoisotopic (exact) mass is 258 g/mol. The van der Waals surface area contributed by atoms with Crippen LogP contribution in [0, 0.1) is 0 Å². The van der Waals surface area contributed by atoms with Crippen LogP contribution in [0.1, 0.15) is 53.9 Å². The Balaban J connectivity index is 4.04. The highest BCUT2D eigenvalue weighted by Gasteiger charge is 2.24. The van der Waals surface area contributed by atoms with Crippen molar-refractivity contribution in [3.05, 3.63) is 0 Å². The van der Waals surface area contributed by atoms with E-state index in [0.717, 1.165) is 45.6 Å². The second kappa shape index (κ2) is 9.76. The van der Waals surface area contributed by atoms with Crippen LogP contribution in [0.15, 0.2) is 0 Å². The summed E-state index contributed by atoms with van der Waals surface area (Å²) in [7, 11) is 0. The zero-order chi connectivity index (χ0) is 14.0. The Morgan fingerprint density at radius 1 is 0.778 bits per heavy atom. The number of rotatable bonds is 11. The molecule has 0 heterocycles. The molecule has 0 atom stereocenters. The minimum Gasteiger partial charge on any atom is -0.389 e. The molecule has 0 saturated carbocycles. The number of aliphatic hydroxyl groups is 1. The summed E-state index contributed by atoms with van der Waals surface area (Å²) in [5.41, 5.74) is -0.495. The van der Waals surface area contributed by atoms with Gasteiger partial charge < -0.3 is 14.9 Å². The summed E-state index contributed by atoms with van der Waals surface area (Å²) in [6.45, 7) is 17.1. The van der Waals surface area contributed by atoms with E-state index in [9.17, 15) is 5.11 Å². The fourth-order valence-corrected chi connectivity index (χ4v) is 2.30. The molecule has 110 valence electrons. The molecule has 0 unspecified atom stereocenters. The zero-order valence-electron chi connectivity index (χ0n) is 13.2. The Labute approximate surface area is 114 Å². The first-order valence-electron chi connectivity index (χ1n) is 7.72. The Kier molecular flexibility index (Phi) is 9.70. The van der Waals surface area contributed by atoms with Crippen LogP contribution in [-0.2, 0) is 0 Å². The van der Waals surface area contributed by atoms with Crippen LogP contribution in [0.3, 0.4) is 0 Å². The Morgan fingerprint density at radius 3 is 1.61 bits per heavy atom. The summed E-state index contributed by atoms with van der Waals surface area (Å²) in [5.74, 6) is 0. The molecular weight excluding hydrogens is 224 g/mol. The number of nitrogens with zero attached hydrogens (tertiary/aromatic N) is 2. The van der Waals surface area contributed by atoms with Gasteiger partial charge in [0.2, 0.25) is 0 Å². The lowest BCUT2D eigenvalue weighted by Crippen LogP contribution is -2.43. The maximum Gasteiger partial charge on any atom is 0.0768 e. The quantitative estimate of drug-likeness (QED) is 0.617. The van der Waals surface area contributed by atoms with Gasteiger partial charge in [0.05, 0.1) is 5.60 Å². The minimum atomic E-state index is -0.495. The van der Waals surface area contributed by atoms with Gasteiger partial charge in [-0.05, 0) is 52.0 Å². The van der Waals surface area contributed by atoms with E-state index in [-0.39, 0.29) is 0 Å². The van der Waals surface area contributed by atoms with Crippen LogP contribution in [-0.4, -0.2) is 59.8 Å². The van der Waals surface area contributed by atoms with Gasteiger partial charge >= 0.3 is 0 Å². The van der Waals surface area contributed by atoms with Crippen LogP contribution in [0.4, 0.5) is 0 Å². The van der Waals surface area contributed by atoms with Crippen molar-refractivity contribution in [3.8, 4) is 0 Å². The minimum absolute atomic E-state index is 0.495. The van der Waals surface area contributed by atoms with Crippen molar-refractivity contribution in [2.45, 2.75) is 59.5 Å². The number of likely N-dealkylation sites (N-methyl/N-ethyl adjacent to an activating group) is 1. The van der Waals surface area contributed by atoms with Crippen molar-refractivity contribution in [1.82, 2.24) is 9.80 Å². The molecular formula is C15H34N2O. The largest absolute Gasteiger partial charge is 0.389 e. The molecule has 0 bridgehead atoms. The third kappa shape index (κ3) is 6.72. The molecule has 0 aliphatic rings. The number of hydrogen-bond donors (Lipinski definition) is 1. The smallest absolute Gasteiger partial charge is 0.0768 e. The van der Waals surface area contributed by atoms with Crippen LogP contribution >= 0.6 is 0 Å². The van der Waals surface area contributed by atoms with Gasteiger partial charge in [0.15, 0.2) is 0 Å². The second-order valence-corrected chi connectivity index (χ2v) is 5.18. The Bertz CT molecular complexity index is 189. The predicted molar refractivity (Wildman–Crippen MR) is 80.1 cm³/mol. The fourth-order valence-electron chi connectivity index (χ4n) is 2.30. The van der Waals surface area contributed by atoms with Crippen molar-refractivity contribution < 1.29 is 5.11 Å². The molecule has 0 rings (SSSR count). The van der Waals surface area contributed by atoms with Crippen molar-refractivity contribution in [2.24, 2.45) is 0 Å². The highest BCUT2D eigenvalue weighted by Crippen LogP contribution is 2.16. The molecule has 0 saturated heterocycles. The van der Waals surface area contributed by atoms with Gasteiger partial charge in [-0.15, -0.1) is 0 Å². The Morgan fingerprint density at radius 2 is 1.22 bits per heavy atom. The van der Waals surface area contributed by atoms with E-state index in [0.29, 0.717) is 0 Å². The van der Waals surface area contributed by atoms with Crippen molar-refractivity contribution in [3.63, 3.8) is 0 Å². The van der Waals surface area contributed by atoms with E-state index in [1.165, 1.54) is 13.0 Å². The topological polar surface area (TPSA) is 26.7 Å². The van der Waals surface area contributed by atoms with E-state index in [1.54, 1.807) is 0 Å². The lowest BCUT2D eigenvalue weighted by atomic mass is 9.97. The van der Waals surface area contributed by atoms with E-state index in [4.69, 9.17) is 0 Å². The highest BCUT2D eigenvalue weighted by molar-refractivity contribution is 4.79. The van der Waals surface area contributed by atoms with E-state index in [2.05, 4.69) is 44.4 Å². The van der Waals surface area contributed by atoms with E-state index in [1.807, 2.05) is 0 Å². The van der Waals surface area contributed by atoms with Crippen LogP contribution in [0.25, 0.3) is 0 Å². The van der Waals surface area contributed by atoms with Crippen LogP contribution in [0.2, 0.25) is 0 Å². The van der Waals surface area contributed by atoms with Gasteiger partial charge in [-0.25, -0.2) is 0 Å². The maximum absolute atomic E-state index is 10.4.